The number of hydrogen-bond acceptors (Lipinski definition) is 4. The molecule has 0 saturated heterocycles. The van der Waals surface area contributed by atoms with E-state index in [0.29, 0.717) is 6.61 Å². The lowest BCUT2D eigenvalue weighted by molar-refractivity contribution is 0.0989. The smallest absolute Gasteiger partial charge is 0.273 e. The Hall–Kier alpha value is -1.72. The zero-order valence-electron chi connectivity index (χ0n) is 6.95. The standard InChI is InChI=1S/C7H8FN3O2/c1-2-13-7-5(6(9)12)11-4(8)3-10-7/h3H,2H2,1H3,(H2,9,12). The first-order valence-electron chi connectivity index (χ1n) is 3.60. The number of primary amides is 1. The maximum atomic E-state index is 12.5. The van der Waals surface area contributed by atoms with Crippen molar-refractivity contribution >= 4 is 5.91 Å². The van der Waals surface area contributed by atoms with Crippen LogP contribution in [0.25, 0.3) is 0 Å². The normalized spacial score (nSPS) is 9.69. The van der Waals surface area contributed by atoms with Gasteiger partial charge in [0.2, 0.25) is 11.8 Å². The highest BCUT2D eigenvalue weighted by Gasteiger charge is 2.13. The summed E-state index contributed by atoms with van der Waals surface area (Å²) in [5.41, 5.74) is 4.64. The van der Waals surface area contributed by atoms with E-state index in [9.17, 15) is 9.18 Å². The molecule has 0 aliphatic heterocycles. The second-order valence-electron chi connectivity index (χ2n) is 2.14. The highest BCUT2D eigenvalue weighted by molar-refractivity contribution is 5.92. The number of nitrogens with zero attached hydrogens (tertiary/aromatic N) is 2. The van der Waals surface area contributed by atoms with Crippen LogP contribution in [0.15, 0.2) is 6.20 Å². The van der Waals surface area contributed by atoms with Gasteiger partial charge < -0.3 is 10.5 Å². The topological polar surface area (TPSA) is 78.1 Å². The largest absolute Gasteiger partial charge is 0.476 e. The summed E-state index contributed by atoms with van der Waals surface area (Å²) in [7, 11) is 0. The van der Waals surface area contributed by atoms with Crippen molar-refractivity contribution in [2.75, 3.05) is 6.61 Å². The number of carbonyl (C=O) groups excluding carboxylic acids is 1. The van der Waals surface area contributed by atoms with Gasteiger partial charge in [0.1, 0.15) is 0 Å². The molecule has 1 aromatic heterocycles. The van der Waals surface area contributed by atoms with Crippen molar-refractivity contribution in [3.63, 3.8) is 0 Å². The van der Waals surface area contributed by atoms with Crippen LogP contribution < -0.4 is 10.5 Å². The minimum absolute atomic E-state index is 0.0450. The summed E-state index contributed by atoms with van der Waals surface area (Å²) in [6.45, 7) is 2.01. The van der Waals surface area contributed by atoms with Crippen LogP contribution in [0.3, 0.4) is 0 Å². The molecule has 1 amide bonds. The fourth-order valence-electron chi connectivity index (χ4n) is 0.759. The van der Waals surface area contributed by atoms with Crippen LogP contribution in [0.1, 0.15) is 17.4 Å². The van der Waals surface area contributed by atoms with E-state index in [-0.39, 0.29) is 11.6 Å². The lowest BCUT2D eigenvalue weighted by Crippen LogP contribution is -2.16. The summed E-state index contributed by atoms with van der Waals surface area (Å²) in [6, 6.07) is 0. The zero-order valence-corrected chi connectivity index (χ0v) is 6.95. The van der Waals surface area contributed by atoms with Crippen molar-refractivity contribution in [1.29, 1.82) is 0 Å². The Labute approximate surface area is 73.7 Å². The second kappa shape index (κ2) is 3.79. The van der Waals surface area contributed by atoms with E-state index in [1.165, 1.54) is 0 Å². The van der Waals surface area contributed by atoms with Crippen LogP contribution in [-0.2, 0) is 0 Å². The summed E-state index contributed by atoms with van der Waals surface area (Å²) >= 11 is 0. The van der Waals surface area contributed by atoms with E-state index < -0.39 is 11.9 Å². The Kier molecular flexibility index (Phi) is 2.73. The molecule has 0 unspecified atom stereocenters. The molecule has 1 rings (SSSR count). The van der Waals surface area contributed by atoms with E-state index in [0.717, 1.165) is 6.20 Å². The Morgan fingerprint density at radius 3 is 3.00 bits per heavy atom. The summed E-state index contributed by atoms with van der Waals surface area (Å²) in [5.74, 6) is -1.77. The number of ether oxygens (including phenoxy) is 1. The molecule has 1 heterocycles. The SMILES string of the molecule is CCOc1ncc(F)nc1C(N)=O. The van der Waals surface area contributed by atoms with Gasteiger partial charge >= 0.3 is 0 Å². The number of rotatable bonds is 3. The monoisotopic (exact) mass is 185 g/mol. The molecule has 6 heteroatoms. The van der Waals surface area contributed by atoms with Crippen molar-refractivity contribution in [3.8, 4) is 5.88 Å². The van der Waals surface area contributed by atoms with E-state index in [1.54, 1.807) is 6.92 Å². The number of amides is 1. The van der Waals surface area contributed by atoms with Gasteiger partial charge in [-0.05, 0) is 6.92 Å². The fraction of sp³-hybridized carbons (Fsp3) is 0.286. The number of carbonyl (C=O) groups is 1. The number of aromatic nitrogens is 2. The maximum absolute atomic E-state index is 12.5. The lowest BCUT2D eigenvalue weighted by atomic mass is 10.4. The van der Waals surface area contributed by atoms with Crippen LogP contribution in [-0.4, -0.2) is 22.5 Å². The summed E-state index contributed by atoms with van der Waals surface area (Å²) in [6.07, 6.45) is 0.859. The molecule has 13 heavy (non-hydrogen) atoms. The first-order valence-corrected chi connectivity index (χ1v) is 3.60. The third kappa shape index (κ3) is 2.11. The van der Waals surface area contributed by atoms with Crippen LogP contribution in [0.5, 0.6) is 5.88 Å². The van der Waals surface area contributed by atoms with Crippen molar-refractivity contribution in [2.24, 2.45) is 5.73 Å². The molecule has 5 nitrogen and oxygen atoms in total. The molecular formula is C7H8FN3O2. The van der Waals surface area contributed by atoms with Gasteiger partial charge in [0.05, 0.1) is 12.8 Å². The molecule has 0 saturated carbocycles. The molecule has 0 fully saturated rings. The van der Waals surface area contributed by atoms with Crippen molar-refractivity contribution in [2.45, 2.75) is 6.92 Å². The van der Waals surface area contributed by atoms with Gasteiger partial charge in [-0.25, -0.2) is 9.97 Å². The average Bonchev–Trinajstić information content (AvgIpc) is 2.08. The summed E-state index contributed by atoms with van der Waals surface area (Å²) in [5, 5.41) is 0. The predicted molar refractivity (Wildman–Crippen MR) is 41.7 cm³/mol. The van der Waals surface area contributed by atoms with Gasteiger partial charge in [-0.1, -0.05) is 0 Å². The molecule has 2 N–H and O–H groups in total. The minimum Gasteiger partial charge on any atom is -0.476 e. The molecular weight excluding hydrogens is 177 g/mol. The third-order valence-electron chi connectivity index (χ3n) is 1.22. The Balaban J connectivity index is 3.10. The minimum atomic E-state index is -0.865. The van der Waals surface area contributed by atoms with Crippen LogP contribution in [0.2, 0.25) is 0 Å². The number of hydrogen-bond donors (Lipinski definition) is 1. The first-order chi connectivity index (χ1) is 6.15. The molecule has 0 aromatic carbocycles. The number of halogens is 1. The maximum Gasteiger partial charge on any atom is 0.273 e. The van der Waals surface area contributed by atoms with Crippen molar-refractivity contribution in [3.05, 3.63) is 17.8 Å². The quantitative estimate of drug-likeness (QED) is 0.725. The fourth-order valence-corrected chi connectivity index (χ4v) is 0.759. The van der Waals surface area contributed by atoms with Crippen molar-refractivity contribution in [1.82, 2.24) is 9.97 Å². The second-order valence-corrected chi connectivity index (χ2v) is 2.14. The summed E-state index contributed by atoms with van der Waals surface area (Å²) < 4.78 is 17.4. The Bertz CT molecular complexity index is 330. The molecule has 0 radical (unpaired) electrons. The molecule has 0 bridgehead atoms. The predicted octanol–water partition coefficient (Wildman–Crippen LogP) is 0.113. The van der Waals surface area contributed by atoms with Gasteiger partial charge in [-0.15, -0.1) is 0 Å². The van der Waals surface area contributed by atoms with Crippen LogP contribution in [0, 0.1) is 5.95 Å². The zero-order chi connectivity index (χ0) is 9.84. The van der Waals surface area contributed by atoms with E-state index in [4.69, 9.17) is 10.5 Å². The molecule has 0 atom stereocenters. The highest BCUT2D eigenvalue weighted by atomic mass is 19.1. The number of nitrogens with two attached hydrogens (primary N) is 1. The third-order valence-corrected chi connectivity index (χ3v) is 1.22. The van der Waals surface area contributed by atoms with E-state index in [2.05, 4.69) is 9.97 Å². The lowest BCUT2D eigenvalue weighted by Gasteiger charge is -2.04. The molecule has 70 valence electrons. The Morgan fingerprint density at radius 2 is 2.46 bits per heavy atom. The van der Waals surface area contributed by atoms with Crippen LogP contribution in [0.4, 0.5) is 4.39 Å². The molecule has 0 aliphatic rings. The Morgan fingerprint density at radius 1 is 1.77 bits per heavy atom. The van der Waals surface area contributed by atoms with E-state index in [1.807, 2.05) is 0 Å². The summed E-state index contributed by atoms with van der Waals surface area (Å²) in [4.78, 5) is 17.5. The molecule has 0 aliphatic carbocycles. The van der Waals surface area contributed by atoms with Gasteiger partial charge in [-0.3, -0.25) is 4.79 Å². The van der Waals surface area contributed by atoms with E-state index >= 15 is 0 Å². The first kappa shape index (κ1) is 9.37. The highest BCUT2D eigenvalue weighted by Crippen LogP contribution is 2.11. The van der Waals surface area contributed by atoms with Crippen molar-refractivity contribution < 1.29 is 13.9 Å². The molecule has 0 spiro atoms. The van der Waals surface area contributed by atoms with Crippen LogP contribution >= 0.6 is 0 Å². The average molecular weight is 185 g/mol. The van der Waals surface area contributed by atoms with Gasteiger partial charge in [-0.2, -0.15) is 4.39 Å². The van der Waals surface area contributed by atoms with Gasteiger partial charge in [0.25, 0.3) is 5.91 Å². The molecule has 1 aromatic rings. The van der Waals surface area contributed by atoms with Gasteiger partial charge in [0.15, 0.2) is 5.69 Å². The van der Waals surface area contributed by atoms with Gasteiger partial charge in [0, 0.05) is 0 Å².